The highest BCUT2D eigenvalue weighted by Crippen LogP contribution is 2.26. The molecule has 1 saturated heterocycles. The summed E-state index contributed by atoms with van der Waals surface area (Å²) >= 11 is 0. The van der Waals surface area contributed by atoms with Crippen LogP contribution in [0, 0.1) is 13.8 Å². The second-order valence-electron chi connectivity index (χ2n) is 7.52. The lowest BCUT2D eigenvalue weighted by molar-refractivity contribution is -0.131. The highest BCUT2D eigenvalue weighted by molar-refractivity contribution is 5.97. The van der Waals surface area contributed by atoms with Crippen molar-refractivity contribution in [2.75, 3.05) is 25.0 Å². The average molecular weight is 422 g/mol. The normalized spacial score (nSPS) is 16.4. The number of nitrogens with zero attached hydrogens (tertiary/aromatic N) is 4. The minimum Gasteiger partial charge on any atom is -0.365 e. The van der Waals surface area contributed by atoms with E-state index in [4.69, 9.17) is 4.74 Å². The van der Waals surface area contributed by atoms with Gasteiger partial charge < -0.3 is 15.0 Å². The molecule has 1 fully saturated rings. The van der Waals surface area contributed by atoms with Gasteiger partial charge in [0.15, 0.2) is 11.9 Å². The van der Waals surface area contributed by atoms with Crippen LogP contribution in [0.4, 0.5) is 5.82 Å². The van der Waals surface area contributed by atoms with E-state index >= 15 is 0 Å². The number of aryl methyl sites for hydroxylation is 2. The van der Waals surface area contributed by atoms with Gasteiger partial charge >= 0.3 is 0 Å². The SMILES string of the molecule is CCn1cc(C(=O)N2CCOC(C(=O)Nc3n[nH]c(-c4ccccc4)c3C)C2)c(C)n1. The molecule has 2 aromatic heterocycles. The Morgan fingerprint density at radius 3 is 2.74 bits per heavy atom. The minimum atomic E-state index is -0.768. The first-order chi connectivity index (χ1) is 15.0. The van der Waals surface area contributed by atoms with Crippen molar-refractivity contribution in [3.8, 4) is 11.3 Å². The number of rotatable bonds is 5. The van der Waals surface area contributed by atoms with Crippen LogP contribution in [0.3, 0.4) is 0 Å². The van der Waals surface area contributed by atoms with Crippen LogP contribution in [-0.2, 0) is 16.1 Å². The van der Waals surface area contributed by atoms with Crippen molar-refractivity contribution < 1.29 is 14.3 Å². The summed E-state index contributed by atoms with van der Waals surface area (Å²) in [6.45, 7) is 7.27. The third-order valence-electron chi connectivity index (χ3n) is 5.46. The lowest BCUT2D eigenvalue weighted by Gasteiger charge is -2.32. The summed E-state index contributed by atoms with van der Waals surface area (Å²) in [5.41, 5.74) is 3.91. The number of aromatic amines is 1. The maximum absolute atomic E-state index is 13.0. The monoisotopic (exact) mass is 422 g/mol. The van der Waals surface area contributed by atoms with Crippen LogP contribution >= 0.6 is 0 Å². The fourth-order valence-corrected chi connectivity index (χ4v) is 3.66. The minimum absolute atomic E-state index is 0.138. The standard InChI is InChI=1S/C22H26N6O3/c1-4-28-12-17(15(3)26-28)22(30)27-10-11-31-18(13-27)21(29)23-20-14(2)19(24-25-20)16-8-6-5-7-9-16/h5-9,12,18H,4,10-11,13H2,1-3H3,(H2,23,24,25,29). The maximum atomic E-state index is 13.0. The summed E-state index contributed by atoms with van der Waals surface area (Å²) in [5.74, 6) is -0.00993. The van der Waals surface area contributed by atoms with Gasteiger partial charge in [-0.25, -0.2) is 0 Å². The van der Waals surface area contributed by atoms with Gasteiger partial charge in [-0.15, -0.1) is 0 Å². The molecule has 0 aliphatic carbocycles. The van der Waals surface area contributed by atoms with Crippen molar-refractivity contribution in [1.29, 1.82) is 0 Å². The Morgan fingerprint density at radius 1 is 1.26 bits per heavy atom. The second-order valence-corrected chi connectivity index (χ2v) is 7.52. The number of nitrogens with one attached hydrogen (secondary N) is 2. The Balaban J connectivity index is 1.44. The van der Waals surface area contributed by atoms with E-state index in [0.29, 0.717) is 36.8 Å². The van der Waals surface area contributed by atoms with Crippen molar-refractivity contribution in [3.05, 3.63) is 53.3 Å². The molecule has 9 heteroatoms. The number of aromatic nitrogens is 4. The van der Waals surface area contributed by atoms with Crippen LogP contribution in [0.5, 0.6) is 0 Å². The molecule has 1 aromatic carbocycles. The third-order valence-corrected chi connectivity index (χ3v) is 5.46. The van der Waals surface area contributed by atoms with Gasteiger partial charge in [-0.3, -0.25) is 19.4 Å². The molecule has 2 N–H and O–H groups in total. The molecule has 1 aliphatic heterocycles. The molecular formula is C22H26N6O3. The average Bonchev–Trinajstić information content (AvgIpc) is 3.36. The van der Waals surface area contributed by atoms with Crippen molar-refractivity contribution in [2.24, 2.45) is 0 Å². The molecule has 1 unspecified atom stereocenters. The van der Waals surface area contributed by atoms with Crippen molar-refractivity contribution in [1.82, 2.24) is 24.9 Å². The van der Waals surface area contributed by atoms with Gasteiger partial charge in [0.05, 0.1) is 30.1 Å². The maximum Gasteiger partial charge on any atom is 0.257 e. The fraction of sp³-hybridized carbons (Fsp3) is 0.364. The molecule has 1 aliphatic rings. The van der Waals surface area contributed by atoms with E-state index < -0.39 is 6.10 Å². The van der Waals surface area contributed by atoms with Crippen LogP contribution in [0.25, 0.3) is 11.3 Å². The van der Waals surface area contributed by atoms with Gasteiger partial charge in [-0.1, -0.05) is 30.3 Å². The predicted molar refractivity (Wildman–Crippen MR) is 116 cm³/mol. The Morgan fingerprint density at radius 2 is 2.03 bits per heavy atom. The molecule has 0 bridgehead atoms. The molecule has 3 heterocycles. The zero-order chi connectivity index (χ0) is 22.0. The van der Waals surface area contributed by atoms with Gasteiger partial charge in [-0.2, -0.15) is 10.2 Å². The number of hydrogen-bond acceptors (Lipinski definition) is 5. The number of H-pyrrole nitrogens is 1. The van der Waals surface area contributed by atoms with Gasteiger partial charge in [-0.05, 0) is 26.3 Å². The van der Waals surface area contributed by atoms with Crippen molar-refractivity contribution >= 4 is 17.6 Å². The molecule has 0 radical (unpaired) electrons. The fourth-order valence-electron chi connectivity index (χ4n) is 3.66. The van der Waals surface area contributed by atoms with Crippen LogP contribution in [-0.4, -0.2) is 62.5 Å². The molecule has 9 nitrogen and oxygen atoms in total. The Labute approximate surface area is 180 Å². The van der Waals surface area contributed by atoms with Crippen LogP contribution in [0.2, 0.25) is 0 Å². The van der Waals surface area contributed by atoms with Gasteiger partial charge in [0, 0.05) is 24.8 Å². The Kier molecular flexibility index (Phi) is 5.85. The zero-order valence-corrected chi connectivity index (χ0v) is 17.9. The number of anilines is 1. The Hall–Kier alpha value is -3.46. The molecule has 2 amide bonds. The van der Waals surface area contributed by atoms with Gasteiger partial charge in [0.2, 0.25) is 0 Å². The van der Waals surface area contributed by atoms with E-state index in [-0.39, 0.29) is 18.4 Å². The largest absolute Gasteiger partial charge is 0.365 e. The first-order valence-corrected chi connectivity index (χ1v) is 10.3. The molecular weight excluding hydrogens is 396 g/mol. The van der Waals surface area contributed by atoms with Crippen LogP contribution < -0.4 is 5.32 Å². The van der Waals surface area contributed by atoms with Gasteiger partial charge in [0.1, 0.15) is 0 Å². The highest BCUT2D eigenvalue weighted by atomic mass is 16.5. The molecule has 0 saturated carbocycles. The van der Waals surface area contributed by atoms with E-state index in [9.17, 15) is 9.59 Å². The molecule has 0 spiro atoms. The number of carbonyl (C=O) groups is 2. The summed E-state index contributed by atoms with van der Waals surface area (Å²) in [6.07, 6.45) is 0.982. The molecule has 162 valence electrons. The number of hydrogen-bond donors (Lipinski definition) is 2. The van der Waals surface area contributed by atoms with E-state index in [1.807, 2.05) is 51.1 Å². The van der Waals surface area contributed by atoms with E-state index in [2.05, 4.69) is 20.6 Å². The summed E-state index contributed by atoms with van der Waals surface area (Å²) in [6, 6.07) is 9.79. The molecule has 4 rings (SSSR count). The van der Waals surface area contributed by atoms with E-state index in [1.54, 1.807) is 15.8 Å². The van der Waals surface area contributed by atoms with E-state index in [0.717, 1.165) is 16.8 Å². The summed E-state index contributed by atoms with van der Waals surface area (Å²) in [5, 5.41) is 14.4. The lowest BCUT2D eigenvalue weighted by atomic mass is 10.1. The summed E-state index contributed by atoms with van der Waals surface area (Å²) in [4.78, 5) is 27.4. The first kappa shape index (κ1) is 20.8. The van der Waals surface area contributed by atoms with Gasteiger partial charge in [0.25, 0.3) is 11.8 Å². The second kappa shape index (κ2) is 8.73. The number of ether oxygens (including phenoxy) is 1. The predicted octanol–water partition coefficient (Wildman–Crippen LogP) is 2.39. The van der Waals surface area contributed by atoms with E-state index in [1.165, 1.54) is 0 Å². The summed E-state index contributed by atoms with van der Waals surface area (Å²) in [7, 11) is 0. The molecule has 1 atom stereocenters. The number of benzene rings is 1. The number of carbonyl (C=O) groups excluding carboxylic acids is 2. The van der Waals surface area contributed by atoms with Crippen molar-refractivity contribution in [3.63, 3.8) is 0 Å². The quantitative estimate of drug-likeness (QED) is 0.657. The molecule has 31 heavy (non-hydrogen) atoms. The topological polar surface area (TPSA) is 105 Å². The zero-order valence-electron chi connectivity index (χ0n) is 17.9. The number of morpholine rings is 1. The highest BCUT2D eigenvalue weighted by Gasteiger charge is 2.31. The lowest BCUT2D eigenvalue weighted by Crippen LogP contribution is -2.50. The Bertz CT molecular complexity index is 1090. The third kappa shape index (κ3) is 4.22. The smallest absolute Gasteiger partial charge is 0.257 e. The van der Waals surface area contributed by atoms with Crippen LogP contribution in [0.1, 0.15) is 28.5 Å². The van der Waals surface area contributed by atoms with Crippen LogP contribution in [0.15, 0.2) is 36.5 Å². The first-order valence-electron chi connectivity index (χ1n) is 10.3. The number of amides is 2. The summed E-state index contributed by atoms with van der Waals surface area (Å²) < 4.78 is 7.39. The van der Waals surface area contributed by atoms with Crippen molar-refractivity contribution in [2.45, 2.75) is 33.4 Å². The molecule has 3 aromatic rings.